The molecule has 2 aromatic carbocycles. The predicted molar refractivity (Wildman–Crippen MR) is 74.9 cm³/mol. The fraction of sp³-hybridized carbons (Fsp3) is 0.250. The van der Waals surface area contributed by atoms with Crippen LogP contribution in [0.5, 0.6) is 0 Å². The van der Waals surface area contributed by atoms with Crippen LogP contribution >= 0.6 is 11.6 Å². The first kappa shape index (κ1) is 15.8. The molecule has 0 aliphatic heterocycles. The second kappa shape index (κ2) is 6.06. The first-order valence-corrected chi connectivity index (χ1v) is 6.78. The fourth-order valence-electron chi connectivity index (χ4n) is 2.11. The summed E-state index contributed by atoms with van der Waals surface area (Å²) in [5.41, 5.74) is 0.945. The third kappa shape index (κ3) is 3.76. The second-order valence-electron chi connectivity index (χ2n) is 4.84. The van der Waals surface area contributed by atoms with Gasteiger partial charge in [-0.3, -0.25) is 0 Å². The summed E-state index contributed by atoms with van der Waals surface area (Å²) < 4.78 is 51.4. The van der Waals surface area contributed by atoms with Crippen LogP contribution < -0.4 is 0 Å². The summed E-state index contributed by atoms with van der Waals surface area (Å²) in [5, 5.41) is -0.646. The third-order valence-electron chi connectivity index (χ3n) is 3.32. The molecule has 0 fully saturated rings. The van der Waals surface area contributed by atoms with Crippen molar-refractivity contribution >= 4 is 11.6 Å². The van der Waals surface area contributed by atoms with E-state index in [1.807, 2.05) is 31.2 Å². The monoisotopic (exact) mass is 316 g/mol. The van der Waals surface area contributed by atoms with Crippen molar-refractivity contribution in [3.8, 4) is 0 Å². The molecule has 0 aromatic heterocycles. The Balaban J connectivity index is 2.28. The van der Waals surface area contributed by atoms with Gasteiger partial charge in [0, 0.05) is 0 Å². The maximum atomic E-state index is 13.3. The quantitative estimate of drug-likeness (QED) is 0.505. The molecular formula is C16H13ClF4. The summed E-state index contributed by atoms with van der Waals surface area (Å²) in [6, 6.07) is 10.4. The van der Waals surface area contributed by atoms with Gasteiger partial charge in [-0.2, -0.15) is 13.2 Å². The molecule has 1 atom stereocenters. The van der Waals surface area contributed by atoms with Gasteiger partial charge >= 0.3 is 6.18 Å². The molecule has 1 unspecified atom stereocenters. The van der Waals surface area contributed by atoms with Gasteiger partial charge < -0.3 is 0 Å². The zero-order chi connectivity index (χ0) is 15.6. The molecule has 2 rings (SSSR count). The minimum atomic E-state index is -4.72. The predicted octanol–water partition coefficient (Wildman–Crippen LogP) is 5.68. The molecule has 112 valence electrons. The van der Waals surface area contributed by atoms with Gasteiger partial charge in [-0.25, -0.2) is 4.39 Å². The second-order valence-corrected chi connectivity index (χ2v) is 5.36. The van der Waals surface area contributed by atoms with E-state index in [1.165, 1.54) is 6.07 Å². The summed E-state index contributed by atoms with van der Waals surface area (Å²) >= 11 is 6.20. The van der Waals surface area contributed by atoms with E-state index in [4.69, 9.17) is 11.6 Å². The van der Waals surface area contributed by atoms with Crippen LogP contribution in [0.3, 0.4) is 0 Å². The Kier molecular flexibility index (Phi) is 4.57. The molecule has 0 spiro atoms. The Hall–Kier alpha value is -1.55. The van der Waals surface area contributed by atoms with Gasteiger partial charge in [0.2, 0.25) is 0 Å². The van der Waals surface area contributed by atoms with Gasteiger partial charge in [0.05, 0.1) is 10.9 Å². The summed E-state index contributed by atoms with van der Waals surface area (Å²) in [6.45, 7) is 1.91. The van der Waals surface area contributed by atoms with Crippen LogP contribution in [0.1, 0.15) is 27.6 Å². The van der Waals surface area contributed by atoms with Crippen LogP contribution in [0.25, 0.3) is 0 Å². The zero-order valence-corrected chi connectivity index (χ0v) is 12.0. The molecule has 0 bridgehead atoms. The topological polar surface area (TPSA) is 0 Å². The van der Waals surface area contributed by atoms with Crippen molar-refractivity contribution in [2.45, 2.75) is 24.9 Å². The average molecular weight is 317 g/mol. The normalized spacial score (nSPS) is 13.2. The standard InChI is InChI=1S/C16H13ClF4/c1-10-4-2-3-5-11(10)9-14(17)12-6-7-15(18)13(8-12)16(19,20)21/h2-8,14H,9H2,1H3. The van der Waals surface area contributed by atoms with E-state index in [9.17, 15) is 17.6 Å². The highest BCUT2D eigenvalue weighted by molar-refractivity contribution is 6.20. The highest BCUT2D eigenvalue weighted by atomic mass is 35.5. The molecule has 0 saturated heterocycles. The van der Waals surface area contributed by atoms with Crippen LogP contribution in [-0.4, -0.2) is 0 Å². The van der Waals surface area contributed by atoms with Crippen molar-refractivity contribution in [3.05, 3.63) is 70.5 Å². The maximum absolute atomic E-state index is 13.3. The van der Waals surface area contributed by atoms with Gasteiger partial charge in [0.1, 0.15) is 5.82 Å². The number of alkyl halides is 4. The first-order chi connectivity index (χ1) is 9.79. The van der Waals surface area contributed by atoms with Crippen molar-refractivity contribution in [2.24, 2.45) is 0 Å². The van der Waals surface area contributed by atoms with Crippen molar-refractivity contribution in [1.82, 2.24) is 0 Å². The molecule has 0 aliphatic rings. The number of halogens is 5. The van der Waals surface area contributed by atoms with Crippen molar-refractivity contribution < 1.29 is 17.6 Å². The average Bonchev–Trinajstić information content (AvgIpc) is 2.40. The summed E-state index contributed by atoms with van der Waals surface area (Å²) in [7, 11) is 0. The molecule has 21 heavy (non-hydrogen) atoms. The van der Waals surface area contributed by atoms with Crippen molar-refractivity contribution in [1.29, 1.82) is 0 Å². The molecule has 0 nitrogen and oxygen atoms in total. The lowest BCUT2D eigenvalue weighted by Gasteiger charge is -2.15. The minimum Gasteiger partial charge on any atom is -0.206 e. The lowest BCUT2D eigenvalue weighted by atomic mass is 9.99. The van der Waals surface area contributed by atoms with Crippen LogP contribution in [0.4, 0.5) is 17.6 Å². The van der Waals surface area contributed by atoms with Crippen molar-refractivity contribution in [3.63, 3.8) is 0 Å². The number of rotatable bonds is 3. The highest BCUT2D eigenvalue weighted by Gasteiger charge is 2.34. The van der Waals surface area contributed by atoms with Crippen LogP contribution in [0.2, 0.25) is 0 Å². The Morgan fingerprint density at radius 1 is 1.10 bits per heavy atom. The van der Waals surface area contributed by atoms with Gasteiger partial charge in [-0.15, -0.1) is 11.6 Å². The van der Waals surface area contributed by atoms with Crippen LogP contribution in [-0.2, 0) is 12.6 Å². The van der Waals surface area contributed by atoms with Crippen molar-refractivity contribution in [2.75, 3.05) is 0 Å². The SMILES string of the molecule is Cc1ccccc1CC(Cl)c1ccc(F)c(C(F)(F)F)c1. The molecule has 0 aliphatic carbocycles. The largest absolute Gasteiger partial charge is 0.419 e. The molecule has 0 heterocycles. The minimum absolute atomic E-state index is 0.258. The molecule has 2 aromatic rings. The van der Waals surface area contributed by atoms with E-state index >= 15 is 0 Å². The molecule has 0 saturated carbocycles. The van der Waals surface area contributed by atoms with Gasteiger partial charge in [0.15, 0.2) is 0 Å². The van der Waals surface area contributed by atoms with E-state index < -0.39 is 22.9 Å². The van der Waals surface area contributed by atoms with Crippen LogP contribution in [0.15, 0.2) is 42.5 Å². The summed E-state index contributed by atoms with van der Waals surface area (Å²) in [6.07, 6.45) is -4.34. The van der Waals surface area contributed by atoms with E-state index in [2.05, 4.69) is 0 Å². The lowest BCUT2D eigenvalue weighted by molar-refractivity contribution is -0.140. The van der Waals surface area contributed by atoms with Gasteiger partial charge in [-0.05, 0) is 42.2 Å². The summed E-state index contributed by atoms with van der Waals surface area (Å²) in [4.78, 5) is 0. The molecule has 0 amide bonds. The smallest absolute Gasteiger partial charge is 0.206 e. The molecule has 5 heteroatoms. The maximum Gasteiger partial charge on any atom is 0.419 e. The lowest BCUT2D eigenvalue weighted by Crippen LogP contribution is -2.09. The Labute approximate surface area is 125 Å². The van der Waals surface area contributed by atoms with Crippen LogP contribution in [0, 0.1) is 12.7 Å². The van der Waals surface area contributed by atoms with Gasteiger partial charge in [0.25, 0.3) is 0 Å². The Morgan fingerprint density at radius 2 is 1.76 bits per heavy atom. The molecule has 0 N–H and O–H groups in total. The highest BCUT2D eigenvalue weighted by Crippen LogP contribution is 2.35. The van der Waals surface area contributed by atoms with E-state index in [0.717, 1.165) is 23.3 Å². The first-order valence-electron chi connectivity index (χ1n) is 6.34. The Morgan fingerprint density at radius 3 is 2.38 bits per heavy atom. The third-order valence-corrected chi connectivity index (χ3v) is 3.72. The zero-order valence-electron chi connectivity index (χ0n) is 11.2. The molecule has 0 radical (unpaired) electrons. The molecular weight excluding hydrogens is 304 g/mol. The number of hydrogen-bond donors (Lipinski definition) is 0. The number of aryl methyl sites for hydroxylation is 1. The fourth-order valence-corrected chi connectivity index (χ4v) is 2.41. The Bertz CT molecular complexity index is 634. The number of hydrogen-bond acceptors (Lipinski definition) is 0. The van der Waals surface area contributed by atoms with E-state index in [-0.39, 0.29) is 5.56 Å². The van der Waals surface area contributed by atoms with E-state index in [1.54, 1.807) is 0 Å². The van der Waals surface area contributed by atoms with E-state index in [0.29, 0.717) is 6.42 Å². The van der Waals surface area contributed by atoms with Gasteiger partial charge in [-0.1, -0.05) is 30.3 Å². The summed E-state index contributed by atoms with van der Waals surface area (Å²) in [5.74, 6) is -1.29. The number of benzene rings is 2.